The van der Waals surface area contributed by atoms with E-state index in [4.69, 9.17) is 4.74 Å². The second-order valence-electron chi connectivity index (χ2n) is 7.24. The number of esters is 1. The van der Waals surface area contributed by atoms with Gasteiger partial charge in [0.25, 0.3) is 0 Å². The van der Waals surface area contributed by atoms with E-state index in [1.165, 1.54) is 0 Å². The highest BCUT2D eigenvalue weighted by molar-refractivity contribution is 9.10. The third kappa shape index (κ3) is 5.92. The van der Waals surface area contributed by atoms with E-state index < -0.39 is 4.32 Å². The van der Waals surface area contributed by atoms with Gasteiger partial charge in [-0.3, -0.25) is 9.78 Å². The van der Waals surface area contributed by atoms with Crippen molar-refractivity contribution in [3.63, 3.8) is 0 Å². The predicted molar refractivity (Wildman–Crippen MR) is 109 cm³/mol. The van der Waals surface area contributed by atoms with Gasteiger partial charge in [-0.1, -0.05) is 39.7 Å². The first kappa shape index (κ1) is 20.6. The predicted octanol–water partition coefficient (Wildman–Crippen LogP) is 4.45. The monoisotopic (exact) mass is 418 g/mol. The summed E-state index contributed by atoms with van der Waals surface area (Å²) in [7, 11) is 2.07. The summed E-state index contributed by atoms with van der Waals surface area (Å²) in [5.74, 6) is 0.375. The van der Waals surface area contributed by atoms with Crippen LogP contribution in [0.1, 0.15) is 36.2 Å². The minimum Gasteiger partial charge on any atom is -0.425 e. The SMILES string of the molecule is Cc1cc(C)c(OC(=O)C(C)(C)Br)c(CN(C)CCc2ccccn2)c1. The van der Waals surface area contributed by atoms with Gasteiger partial charge in [-0.15, -0.1) is 0 Å². The quantitative estimate of drug-likeness (QED) is 0.378. The van der Waals surface area contributed by atoms with Gasteiger partial charge in [0.1, 0.15) is 10.1 Å². The minimum absolute atomic E-state index is 0.290. The summed E-state index contributed by atoms with van der Waals surface area (Å²) >= 11 is 3.37. The highest BCUT2D eigenvalue weighted by atomic mass is 79.9. The zero-order valence-corrected chi connectivity index (χ0v) is 17.8. The number of rotatable bonds is 7. The molecule has 1 aromatic heterocycles. The van der Waals surface area contributed by atoms with Crippen molar-refractivity contribution in [2.45, 2.75) is 45.0 Å². The topological polar surface area (TPSA) is 42.4 Å². The van der Waals surface area contributed by atoms with Gasteiger partial charge in [0, 0.05) is 37.0 Å². The van der Waals surface area contributed by atoms with Gasteiger partial charge in [0.2, 0.25) is 0 Å². The Bertz CT molecular complexity index is 755. The summed E-state index contributed by atoms with van der Waals surface area (Å²) in [6, 6.07) is 10.1. The number of halogens is 1. The van der Waals surface area contributed by atoms with Crippen LogP contribution >= 0.6 is 15.9 Å². The molecule has 140 valence electrons. The van der Waals surface area contributed by atoms with Gasteiger partial charge < -0.3 is 9.64 Å². The maximum absolute atomic E-state index is 12.3. The fraction of sp³-hybridized carbons (Fsp3) is 0.429. The van der Waals surface area contributed by atoms with Crippen molar-refractivity contribution >= 4 is 21.9 Å². The molecule has 0 aliphatic heterocycles. The average Bonchev–Trinajstić information content (AvgIpc) is 2.56. The van der Waals surface area contributed by atoms with Crippen LogP contribution in [0.5, 0.6) is 5.75 Å². The van der Waals surface area contributed by atoms with Crippen molar-refractivity contribution in [1.82, 2.24) is 9.88 Å². The van der Waals surface area contributed by atoms with Crippen molar-refractivity contribution in [3.05, 3.63) is 58.9 Å². The number of pyridine rings is 1. The molecule has 4 nitrogen and oxygen atoms in total. The molecule has 0 fully saturated rings. The normalized spacial score (nSPS) is 11.7. The number of alkyl halides is 1. The number of hydrogen-bond acceptors (Lipinski definition) is 4. The fourth-order valence-electron chi connectivity index (χ4n) is 2.74. The highest BCUT2D eigenvalue weighted by Gasteiger charge is 2.27. The molecule has 0 unspecified atom stereocenters. The van der Waals surface area contributed by atoms with Gasteiger partial charge in [0.05, 0.1) is 0 Å². The summed E-state index contributed by atoms with van der Waals surface area (Å²) in [5.41, 5.74) is 4.24. The van der Waals surface area contributed by atoms with E-state index in [9.17, 15) is 4.79 Å². The van der Waals surface area contributed by atoms with Crippen LogP contribution in [0.15, 0.2) is 36.5 Å². The van der Waals surface area contributed by atoms with Crippen molar-refractivity contribution in [3.8, 4) is 5.75 Å². The Hall–Kier alpha value is -1.72. The first-order chi connectivity index (χ1) is 12.2. The molecule has 2 rings (SSSR count). The summed E-state index contributed by atoms with van der Waals surface area (Å²) < 4.78 is 5.02. The third-order valence-corrected chi connectivity index (χ3v) is 4.42. The molecular formula is C21H27BrN2O2. The third-order valence-electron chi connectivity index (χ3n) is 4.09. The molecule has 1 aromatic carbocycles. The Morgan fingerprint density at radius 3 is 2.62 bits per heavy atom. The number of benzene rings is 1. The molecule has 0 spiro atoms. The molecule has 0 radical (unpaired) electrons. The van der Waals surface area contributed by atoms with Crippen LogP contribution in [0.3, 0.4) is 0 Å². The Balaban J connectivity index is 2.13. The van der Waals surface area contributed by atoms with E-state index >= 15 is 0 Å². The minimum atomic E-state index is -0.716. The number of carbonyl (C=O) groups excluding carboxylic acids is 1. The first-order valence-corrected chi connectivity index (χ1v) is 9.56. The molecule has 0 atom stereocenters. The standard InChI is InChI=1S/C21H27BrN2O2/c1-15-12-16(2)19(26-20(25)21(3,4)22)17(13-15)14-24(5)11-9-18-8-6-7-10-23-18/h6-8,10,12-13H,9,11,14H2,1-5H3. The molecule has 0 N–H and O–H groups in total. The van der Waals surface area contributed by atoms with E-state index in [-0.39, 0.29) is 5.97 Å². The largest absolute Gasteiger partial charge is 0.425 e. The lowest BCUT2D eigenvalue weighted by atomic mass is 10.0. The number of hydrogen-bond donors (Lipinski definition) is 0. The van der Waals surface area contributed by atoms with Crippen molar-refractivity contribution in [2.24, 2.45) is 0 Å². The van der Waals surface area contributed by atoms with E-state index in [2.05, 4.69) is 45.9 Å². The van der Waals surface area contributed by atoms with Gasteiger partial charge in [0.15, 0.2) is 0 Å². The molecule has 0 amide bonds. The molecule has 0 saturated carbocycles. The van der Waals surface area contributed by atoms with Crippen LogP contribution in [0.25, 0.3) is 0 Å². The van der Waals surface area contributed by atoms with E-state index in [1.807, 2.05) is 37.4 Å². The molecular weight excluding hydrogens is 392 g/mol. The zero-order chi connectivity index (χ0) is 19.3. The molecule has 26 heavy (non-hydrogen) atoms. The summed E-state index contributed by atoms with van der Waals surface area (Å²) in [6.07, 6.45) is 2.70. The summed E-state index contributed by atoms with van der Waals surface area (Å²) in [6.45, 7) is 9.20. The van der Waals surface area contributed by atoms with Crippen LogP contribution in [0, 0.1) is 13.8 Å². The van der Waals surface area contributed by atoms with Gasteiger partial charge >= 0.3 is 5.97 Å². The zero-order valence-electron chi connectivity index (χ0n) is 16.2. The molecule has 0 aliphatic rings. The fourth-order valence-corrected chi connectivity index (χ4v) is 2.82. The summed E-state index contributed by atoms with van der Waals surface area (Å²) in [5, 5.41) is 0. The van der Waals surface area contributed by atoms with Crippen LogP contribution in [-0.4, -0.2) is 33.8 Å². The van der Waals surface area contributed by atoms with Crippen LogP contribution < -0.4 is 4.74 Å². The lowest BCUT2D eigenvalue weighted by Gasteiger charge is -2.22. The maximum Gasteiger partial charge on any atom is 0.327 e. The second kappa shape index (κ2) is 8.78. The van der Waals surface area contributed by atoms with Gasteiger partial charge in [-0.25, -0.2) is 0 Å². The Labute approximate surface area is 164 Å². The second-order valence-corrected chi connectivity index (χ2v) is 9.22. The smallest absolute Gasteiger partial charge is 0.327 e. The van der Waals surface area contributed by atoms with Crippen LogP contribution in [-0.2, 0) is 17.8 Å². The van der Waals surface area contributed by atoms with Gasteiger partial charge in [-0.05, 0) is 52.4 Å². The number of aromatic nitrogens is 1. The molecule has 2 aromatic rings. The Morgan fingerprint density at radius 1 is 1.27 bits per heavy atom. The molecule has 0 aliphatic carbocycles. The number of aryl methyl sites for hydroxylation is 2. The molecule has 0 saturated heterocycles. The van der Waals surface area contributed by atoms with E-state index in [1.54, 1.807) is 13.8 Å². The number of carbonyl (C=O) groups is 1. The van der Waals surface area contributed by atoms with Gasteiger partial charge in [-0.2, -0.15) is 0 Å². The molecule has 5 heteroatoms. The first-order valence-electron chi connectivity index (χ1n) is 8.76. The average molecular weight is 419 g/mol. The Morgan fingerprint density at radius 2 is 2.00 bits per heavy atom. The van der Waals surface area contributed by atoms with Crippen molar-refractivity contribution < 1.29 is 9.53 Å². The van der Waals surface area contributed by atoms with Crippen LogP contribution in [0.4, 0.5) is 0 Å². The number of ether oxygens (including phenoxy) is 1. The van der Waals surface area contributed by atoms with E-state index in [0.717, 1.165) is 35.3 Å². The molecule has 1 heterocycles. The number of likely N-dealkylation sites (N-methyl/N-ethyl adjacent to an activating group) is 1. The molecule has 0 bridgehead atoms. The highest BCUT2D eigenvalue weighted by Crippen LogP contribution is 2.29. The Kier molecular flexibility index (Phi) is 6.95. The lowest BCUT2D eigenvalue weighted by Crippen LogP contribution is -2.30. The summed E-state index contributed by atoms with van der Waals surface area (Å²) in [4.78, 5) is 18.9. The van der Waals surface area contributed by atoms with Crippen LogP contribution in [0.2, 0.25) is 0 Å². The van der Waals surface area contributed by atoms with E-state index in [0.29, 0.717) is 12.3 Å². The lowest BCUT2D eigenvalue weighted by molar-refractivity contribution is -0.136. The van der Waals surface area contributed by atoms with Crippen molar-refractivity contribution in [2.75, 3.05) is 13.6 Å². The van der Waals surface area contributed by atoms with Crippen molar-refractivity contribution in [1.29, 1.82) is 0 Å². The maximum atomic E-state index is 12.3. The number of nitrogens with zero attached hydrogens (tertiary/aromatic N) is 2.